The fraction of sp³-hybridized carbons (Fsp3) is 0.417. The number of aryl methyl sites for hydroxylation is 1. The third-order valence-electron chi connectivity index (χ3n) is 1.56. The van der Waals surface area contributed by atoms with Gasteiger partial charge < -0.3 is 10.4 Å². The van der Waals surface area contributed by atoms with Crippen LogP contribution in [0.15, 0.2) is 24.3 Å². The number of nitrogens with one attached hydrogen (secondary N) is 1. The molecule has 3 heteroatoms. The van der Waals surface area contributed by atoms with Crippen molar-refractivity contribution in [2.45, 2.75) is 27.2 Å². The monoisotopic (exact) mass is 211 g/mol. The standard InChI is InChI=1S/C9H11NO.C2H6.CH4O/c1-2-8-4-3-5-9(6-8)10-7-11;2*1-2/h3-7H,2H2,1H3,(H,10,11);1-2H3;2H,1H3. The highest BCUT2D eigenvalue weighted by molar-refractivity contribution is 5.71. The van der Waals surface area contributed by atoms with E-state index in [-0.39, 0.29) is 0 Å². The lowest BCUT2D eigenvalue weighted by molar-refractivity contribution is -0.105. The molecule has 2 N–H and O–H groups in total. The molecule has 0 aliphatic rings. The molecule has 0 radical (unpaired) electrons. The van der Waals surface area contributed by atoms with Gasteiger partial charge in [-0.05, 0) is 24.1 Å². The van der Waals surface area contributed by atoms with Gasteiger partial charge in [0.15, 0.2) is 0 Å². The number of hydrogen-bond acceptors (Lipinski definition) is 2. The molecule has 1 rings (SSSR count). The van der Waals surface area contributed by atoms with Crippen molar-refractivity contribution in [1.29, 1.82) is 0 Å². The first kappa shape index (κ1) is 16.1. The quantitative estimate of drug-likeness (QED) is 0.754. The number of hydrogen-bond donors (Lipinski definition) is 2. The van der Waals surface area contributed by atoms with Crippen molar-refractivity contribution in [2.75, 3.05) is 12.4 Å². The fourth-order valence-corrected chi connectivity index (χ4v) is 0.949. The zero-order chi connectivity index (χ0) is 12.1. The van der Waals surface area contributed by atoms with Crippen molar-refractivity contribution in [2.24, 2.45) is 0 Å². The molecule has 3 nitrogen and oxygen atoms in total. The van der Waals surface area contributed by atoms with Crippen LogP contribution in [0.25, 0.3) is 0 Å². The van der Waals surface area contributed by atoms with Gasteiger partial charge in [0.05, 0.1) is 0 Å². The zero-order valence-corrected chi connectivity index (χ0v) is 9.95. The van der Waals surface area contributed by atoms with Gasteiger partial charge in [-0.3, -0.25) is 4.79 Å². The summed E-state index contributed by atoms with van der Waals surface area (Å²) in [6.45, 7) is 6.08. The van der Waals surface area contributed by atoms with Crippen molar-refractivity contribution in [1.82, 2.24) is 0 Å². The largest absolute Gasteiger partial charge is 0.400 e. The lowest BCUT2D eigenvalue weighted by atomic mass is 10.1. The maximum Gasteiger partial charge on any atom is 0.211 e. The molecule has 1 amide bonds. The predicted octanol–water partition coefficient (Wildman–Crippen LogP) is 2.45. The molecule has 1 aromatic rings. The zero-order valence-electron chi connectivity index (χ0n) is 9.95. The van der Waals surface area contributed by atoms with Gasteiger partial charge in [0.2, 0.25) is 6.41 Å². The van der Waals surface area contributed by atoms with Crippen molar-refractivity contribution in [3.63, 3.8) is 0 Å². The third-order valence-corrected chi connectivity index (χ3v) is 1.56. The second kappa shape index (κ2) is 12.7. The summed E-state index contributed by atoms with van der Waals surface area (Å²) < 4.78 is 0. The summed E-state index contributed by atoms with van der Waals surface area (Å²) in [5, 5.41) is 9.60. The highest BCUT2D eigenvalue weighted by atomic mass is 16.2. The first-order valence-corrected chi connectivity index (χ1v) is 5.10. The molecule has 0 aliphatic carbocycles. The van der Waals surface area contributed by atoms with Crippen LogP contribution in [-0.2, 0) is 11.2 Å². The number of anilines is 1. The number of amides is 1. The minimum Gasteiger partial charge on any atom is -0.400 e. The molecule has 0 bridgehead atoms. The molecule has 1 aromatic carbocycles. The SMILES string of the molecule is CC.CCc1cccc(NC=O)c1.CO. The van der Waals surface area contributed by atoms with E-state index in [1.807, 2.05) is 38.1 Å². The van der Waals surface area contributed by atoms with Crippen molar-refractivity contribution >= 4 is 12.1 Å². The van der Waals surface area contributed by atoms with Crippen molar-refractivity contribution < 1.29 is 9.90 Å². The third kappa shape index (κ3) is 7.70. The van der Waals surface area contributed by atoms with E-state index in [4.69, 9.17) is 5.11 Å². The van der Waals surface area contributed by atoms with E-state index < -0.39 is 0 Å². The smallest absolute Gasteiger partial charge is 0.211 e. The van der Waals surface area contributed by atoms with Gasteiger partial charge >= 0.3 is 0 Å². The molecule has 0 atom stereocenters. The van der Waals surface area contributed by atoms with Crippen LogP contribution < -0.4 is 5.32 Å². The van der Waals surface area contributed by atoms with E-state index in [1.54, 1.807) is 0 Å². The molecule has 0 unspecified atom stereocenters. The molecule has 15 heavy (non-hydrogen) atoms. The number of carbonyl (C=O) groups excluding carboxylic acids is 1. The summed E-state index contributed by atoms with van der Waals surface area (Å²) in [6.07, 6.45) is 1.68. The van der Waals surface area contributed by atoms with Gasteiger partial charge in [-0.1, -0.05) is 32.9 Å². The van der Waals surface area contributed by atoms with E-state index in [0.717, 1.165) is 19.2 Å². The van der Waals surface area contributed by atoms with Gasteiger partial charge in [-0.25, -0.2) is 0 Å². The second-order valence-corrected chi connectivity index (χ2v) is 2.32. The maximum absolute atomic E-state index is 10.1. The molecule has 0 spiro atoms. The topological polar surface area (TPSA) is 49.3 Å². The molecule has 0 heterocycles. The summed E-state index contributed by atoms with van der Waals surface area (Å²) >= 11 is 0. The van der Waals surface area contributed by atoms with Crippen LogP contribution in [0.5, 0.6) is 0 Å². The summed E-state index contributed by atoms with van der Waals surface area (Å²) in [4.78, 5) is 10.1. The number of aliphatic hydroxyl groups is 1. The van der Waals surface area contributed by atoms with E-state index in [2.05, 4.69) is 12.2 Å². The van der Waals surface area contributed by atoms with E-state index in [0.29, 0.717) is 6.41 Å². The van der Waals surface area contributed by atoms with Crippen LogP contribution in [0, 0.1) is 0 Å². The summed E-state index contributed by atoms with van der Waals surface area (Å²) in [5.74, 6) is 0. The highest BCUT2D eigenvalue weighted by Crippen LogP contribution is 2.09. The Hall–Kier alpha value is -1.35. The molecular weight excluding hydrogens is 190 g/mol. The number of rotatable bonds is 3. The lowest BCUT2D eigenvalue weighted by Crippen LogP contribution is -1.93. The molecule has 0 aliphatic heterocycles. The normalized spacial score (nSPS) is 7.53. The van der Waals surface area contributed by atoms with Crippen LogP contribution in [0.2, 0.25) is 0 Å². The minimum absolute atomic E-state index is 0.689. The molecule has 0 fully saturated rings. The number of carbonyl (C=O) groups is 1. The average molecular weight is 211 g/mol. The van der Waals surface area contributed by atoms with Crippen LogP contribution in [0.3, 0.4) is 0 Å². The Bertz CT molecular complexity index is 249. The Morgan fingerprint density at radius 3 is 2.40 bits per heavy atom. The Labute approximate surface area is 92.1 Å². The minimum atomic E-state index is 0.689. The van der Waals surface area contributed by atoms with Crippen LogP contribution in [0.4, 0.5) is 5.69 Å². The van der Waals surface area contributed by atoms with Gasteiger partial charge in [0.1, 0.15) is 0 Å². The second-order valence-electron chi connectivity index (χ2n) is 2.32. The Balaban J connectivity index is 0. The first-order chi connectivity index (χ1) is 7.36. The van der Waals surface area contributed by atoms with Gasteiger partial charge in [-0.2, -0.15) is 0 Å². The van der Waals surface area contributed by atoms with Gasteiger partial charge in [0.25, 0.3) is 0 Å². The first-order valence-electron chi connectivity index (χ1n) is 5.10. The van der Waals surface area contributed by atoms with Crippen LogP contribution in [0.1, 0.15) is 26.3 Å². The average Bonchev–Trinajstić information content (AvgIpc) is 2.35. The molecule has 86 valence electrons. The fourth-order valence-electron chi connectivity index (χ4n) is 0.949. The Morgan fingerprint density at radius 1 is 1.33 bits per heavy atom. The van der Waals surface area contributed by atoms with Crippen molar-refractivity contribution in [3.05, 3.63) is 29.8 Å². The molecule has 0 saturated heterocycles. The summed E-state index contributed by atoms with van der Waals surface area (Å²) in [5.41, 5.74) is 2.09. The summed E-state index contributed by atoms with van der Waals surface area (Å²) in [6, 6.07) is 7.81. The predicted molar refractivity (Wildman–Crippen MR) is 65.0 cm³/mol. The van der Waals surface area contributed by atoms with Crippen LogP contribution >= 0.6 is 0 Å². The van der Waals surface area contributed by atoms with E-state index >= 15 is 0 Å². The Morgan fingerprint density at radius 2 is 1.93 bits per heavy atom. The highest BCUT2D eigenvalue weighted by Gasteiger charge is 1.90. The summed E-state index contributed by atoms with van der Waals surface area (Å²) in [7, 11) is 1.00. The number of aliphatic hydroxyl groups excluding tert-OH is 1. The van der Waals surface area contributed by atoms with Gasteiger partial charge in [-0.15, -0.1) is 0 Å². The molecule has 0 saturated carbocycles. The number of benzene rings is 1. The van der Waals surface area contributed by atoms with Crippen molar-refractivity contribution in [3.8, 4) is 0 Å². The maximum atomic E-state index is 10.1. The Kier molecular flexibility index (Phi) is 13.6. The van der Waals surface area contributed by atoms with Gasteiger partial charge in [0, 0.05) is 12.8 Å². The molecule has 0 aromatic heterocycles. The van der Waals surface area contributed by atoms with E-state index in [1.165, 1.54) is 5.56 Å². The van der Waals surface area contributed by atoms with E-state index in [9.17, 15) is 4.79 Å². The van der Waals surface area contributed by atoms with Crippen LogP contribution in [-0.4, -0.2) is 18.6 Å². The lowest BCUT2D eigenvalue weighted by Gasteiger charge is -1.99. The molecular formula is C12H21NO2.